The van der Waals surface area contributed by atoms with Crippen molar-refractivity contribution in [1.82, 2.24) is 4.98 Å². The van der Waals surface area contributed by atoms with E-state index in [4.69, 9.17) is 4.74 Å². The lowest BCUT2D eigenvalue weighted by molar-refractivity contribution is 0.0698. The van der Waals surface area contributed by atoms with Gasteiger partial charge < -0.3 is 9.84 Å². The van der Waals surface area contributed by atoms with Crippen molar-refractivity contribution in [3.05, 3.63) is 83.6 Å². The van der Waals surface area contributed by atoms with Crippen molar-refractivity contribution in [2.45, 2.75) is 31.1 Å². The first kappa shape index (κ1) is 26.9. The third-order valence-electron chi connectivity index (χ3n) is 5.89. The van der Waals surface area contributed by atoms with Gasteiger partial charge in [-0.1, -0.05) is 39.0 Å². The Morgan fingerprint density at radius 2 is 1.82 bits per heavy atom. The number of aromatic carboxylic acids is 1. The molecule has 0 radical (unpaired) electrons. The minimum atomic E-state index is -4.43. The van der Waals surface area contributed by atoms with Crippen LogP contribution in [0.2, 0.25) is 0 Å². The molecule has 0 fully saturated rings. The summed E-state index contributed by atoms with van der Waals surface area (Å²) in [6, 6.07) is 11.2. The van der Waals surface area contributed by atoms with Crippen LogP contribution in [0.1, 0.15) is 36.7 Å². The molecule has 0 saturated heterocycles. The number of nitrogens with one attached hydrogen (secondary N) is 1. The van der Waals surface area contributed by atoms with Gasteiger partial charge in [0.05, 0.1) is 21.7 Å². The fraction of sp³-hybridized carbons (Fsp3) is 0.185. The van der Waals surface area contributed by atoms with Crippen LogP contribution in [0.4, 0.5) is 18.9 Å². The van der Waals surface area contributed by atoms with Crippen LogP contribution in [0.15, 0.2) is 65.7 Å². The smallest absolute Gasteiger partial charge is 0.337 e. The molecule has 0 atom stereocenters. The van der Waals surface area contributed by atoms with Crippen LogP contribution in [0.3, 0.4) is 0 Å². The fourth-order valence-corrected chi connectivity index (χ4v) is 5.20. The molecule has 0 amide bonds. The number of nitrogens with zero attached hydrogens (tertiary/aromatic N) is 1. The van der Waals surface area contributed by atoms with Gasteiger partial charge in [-0.3, -0.25) is 9.71 Å². The van der Waals surface area contributed by atoms with Crippen LogP contribution >= 0.6 is 0 Å². The van der Waals surface area contributed by atoms with Gasteiger partial charge in [0.1, 0.15) is 5.82 Å². The maximum Gasteiger partial charge on any atom is 0.337 e. The highest BCUT2D eigenvalue weighted by Gasteiger charge is 2.26. The van der Waals surface area contributed by atoms with Crippen molar-refractivity contribution in [3.63, 3.8) is 0 Å². The zero-order chi connectivity index (χ0) is 27.8. The molecule has 11 heteroatoms. The largest absolute Gasteiger partial charge is 0.478 e. The molecule has 198 valence electrons. The van der Waals surface area contributed by atoms with Gasteiger partial charge in [-0.05, 0) is 52.9 Å². The number of pyridine rings is 1. The molecular weight excluding hydrogens is 521 g/mol. The minimum absolute atomic E-state index is 0.0300. The van der Waals surface area contributed by atoms with Gasteiger partial charge >= 0.3 is 5.97 Å². The molecule has 0 aliphatic heterocycles. The highest BCUT2D eigenvalue weighted by Crippen LogP contribution is 2.41. The summed E-state index contributed by atoms with van der Waals surface area (Å²) in [5.74, 6) is -3.58. The third kappa shape index (κ3) is 5.01. The lowest BCUT2D eigenvalue weighted by Gasteiger charge is -2.21. The summed E-state index contributed by atoms with van der Waals surface area (Å²) >= 11 is 0. The molecular formula is C27H23F3N2O5S. The predicted molar refractivity (Wildman–Crippen MR) is 137 cm³/mol. The van der Waals surface area contributed by atoms with E-state index >= 15 is 4.39 Å². The molecule has 2 N–H and O–H groups in total. The van der Waals surface area contributed by atoms with Crippen molar-refractivity contribution >= 4 is 32.6 Å². The molecule has 38 heavy (non-hydrogen) atoms. The molecule has 4 rings (SSSR count). The molecule has 0 aliphatic rings. The second-order valence-electron chi connectivity index (χ2n) is 9.42. The van der Waals surface area contributed by atoms with Crippen LogP contribution in [0.5, 0.6) is 5.75 Å². The first-order valence-electron chi connectivity index (χ1n) is 11.3. The Bertz CT molecular complexity index is 1670. The molecule has 0 bridgehead atoms. The second-order valence-corrected chi connectivity index (χ2v) is 11.1. The van der Waals surface area contributed by atoms with Crippen molar-refractivity contribution in [3.8, 4) is 16.9 Å². The number of sulfonamides is 1. The molecule has 3 aromatic carbocycles. The van der Waals surface area contributed by atoms with Gasteiger partial charge in [-0.25, -0.2) is 26.4 Å². The zero-order valence-corrected chi connectivity index (χ0v) is 21.4. The summed E-state index contributed by atoms with van der Waals surface area (Å²) in [4.78, 5) is 15.4. The van der Waals surface area contributed by atoms with Crippen molar-refractivity contribution in [2.75, 3.05) is 11.6 Å². The number of aromatic nitrogens is 1. The number of rotatable bonds is 7. The lowest BCUT2D eigenvalue weighted by Crippen LogP contribution is -2.17. The zero-order valence-electron chi connectivity index (χ0n) is 20.6. The SMILES string of the molecule is CC(C)(C)c1ccc(S(=O)(=O)Nc2ccc(OCF)c(F)c2-c2ccc(C(=O)O)c3ncccc23)cc1F. The van der Waals surface area contributed by atoms with Gasteiger partial charge in [-0.2, -0.15) is 0 Å². The Morgan fingerprint density at radius 3 is 2.45 bits per heavy atom. The number of benzene rings is 3. The second kappa shape index (κ2) is 9.97. The van der Waals surface area contributed by atoms with E-state index < -0.39 is 50.5 Å². The summed E-state index contributed by atoms with van der Waals surface area (Å²) in [6.45, 7) is 4.00. The van der Waals surface area contributed by atoms with Crippen LogP contribution in [0.25, 0.3) is 22.0 Å². The van der Waals surface area contributed by atoms with Crippen LogP contribution in [-0.4, -0.2) is 31.3 Å². The highest BCUT2D eigenvalue weighted by atomic mass is 32.2. The molecule has 0 spiro atoms. The average molecular weight is 545 g/mol. The fourth-order valence-electron chi connectivity index (χ4n) is 4.11. The van der Waals surface area contributed by atoms with Crippen LogP contribution < -0.4 is 9.46 Å². The van der Waals surface area contributed by atoms with Crippen LogP contribution in [-0.2, 0) is 15.4 Å². The Hall–Kier alpha value is -4.12. The van der Waals surface area contributed by atoms with E-state index in [1.54, 1.807) is 20.8 Å². The van der Waals surface area contributed by atoms with E-state index in [1.807, 2.05) is 0 Å². The number of fused-ring (bicyclic) bond motifs is 1. The molecule has 1 heterocycles. The van der Waals surface area contributed by atoms with Crippen molar-refractivity contribution in [2.24, 2.45) is 0 Å². The first-order valence-corrected chi connectivity index (χ1v) is 12.8. The lowest BCUT2D eigenvalue weighted by atomic mass is 9.87. The van der Waals surface area contributed by atoms with E-state index in [1.165, 1.54) is 48.7 Å². The number of carbonyl (C=O) groups is 1. The van der Waals surface area contributed by atoms with Gasteiger partial charge in [0.25, 0.3) is 10.0 Å². The number of hydrogen-bond donors (Lipinski definition) is 2. The van der Waals surface area contributed by atoms with E-state index in [0.29, 0.717) is 5.56 Å². The standard InChI is InChI=1S/C27H23F3N2O5S/c1-27(2,3)19-9-6-15(13-20(19)29)38(35,36)32-21-10-11-22(37-14-28)24(30)23(21)16-7-8-18(26(33)34)25-17(16)5-4-12-31-25/h4-13,32H,14H2,1-3H3,(H,33,34). The molecule has 0 saturated carbocycles. The molecule has 4 aromatic rings. The number of anilines is 1. The number of ether oxygens (including phenoxy) is 1. The quantitative estimate of drug-likeness (QED) is 0.284. The Labute approximate surface area is 217 Å². The van der Waals surface area contributed by atoms with Gasteiger partial charge in [0.15, 0.2) is 11.6 Å². The third-order valence-corrected chi connectivity index (χ3v) is 7.25. The Kier molecular flexibility index (Phi) is 7.07. The summed E-state index contributed by atoms with van der Waals surface area (Å²) in [7, 11) is -4.43. The molecule has 0 unspecified atom stereocenters. The minimum Gasteiger partial charge on any atom is -0.478 e. The van der Waals surface area contributed by atoms with E-state index in [9.17, 15) is 27.1 Å². The maximum atomic E-state index is 15.7. The van der Waals surface area contributed by atoms with E-state index in [2.05, 4.69) is 9.71 Å². The maximum absolute atomic E-state index is 15.7. The van der Waals surface area contributed by atoms with Crippen molar-refractivity contribution in [1.29, 1.82) is 0 Å². The van der Waals surface area contributed by atoms with Crippen LogP contribution in [0, 0.1) is 11.6 Å². The summed E-state index contributed by atoms with van der Waals surface area (Å²) in [5.41, 5.74) is -0.900. The first-order chi connectivity index (χ1) is 17.8. The van der Waals surface area contributed by atoms with E-state index in [0.717, 1.165) is 12.1 Å². The molecule has 7 nitrogen and oxygen atoms in total. The summed E-state index contributed by atoms with van der Waals surface area (Å²) < 4.78 is 76.9. The van der Waals surface area contributed by atoms with E-state index in [-0.39, 0.29) is 33.3 Å². The van der Waals surface area contributed by atoms with Gasteiger partial charge in [0, 0.05) is 17.1 Å². The Morgan fingerprint density at radius 1 is 1.08 bits per heavy atom. The van der Waals surface area contributed by atoms with Gasteiger partial charge in [-0.15, -0.1) is 0 Å². The van der Waals surface area contributed by atoms with Gasteiger partial charge in [0.2, 0.25) is 6.86 Å². The molecule has 1 aromatic heterocycles. The predicted octanol–water partition coefficient (Wildman–Crippen LogP) is 6.28. The number of carboxylic acid groups (broad SMARTS) is 1. The number of carboxylic acids is 1. The summed E-state index contributed by atoms with van der Waals surface area (Å²) in [5, 5.41) is 9.74. The number of halogens is 3. The monoisotopic (exact) mass is 544 g/mol. The number of alkyl halides is 1. The number of hydrogen-bond acceptors (Lipinski definition) is 5. The molecule has 0 aliphatic carbocycles. The normalized spacial score (nSPS) is 11.9. The highest BCUT2D eigenvalue weighted by molar-refractivity contribution is 7.92. The van der Waals surface area contributed by atoms with Crippen molar-refractivity contribution < 1.29 is 36.2 Å². The average Bonchev–Trinajstić information content (AvgIpc) is 2.84. The summed E-state index contributed by atoms with van der Waals surface area (Å²) in [6.07, 6.45) is 1.36. The Balaban J connectivity index is 1.91. The topological polar surface area (TPSA) is 106 Å².